The Bertz CT molecular complexity index is 378. The van der Waals surface area contributed by atoms with Crippen molar-refractivity contribution in [3.8, 4) is 0 Å². The molecule has 1 fully saturated rings. The van der Waals surface area contributed by atoms with Crippen LogP contribution in [0.25, 0.3) is 0 Å². The van der Waals surface area contributed by atoms with Crippen molar-refractivity contribution in [3.63, 3.8) is 0 Å². The van der Waals surface area contributed by atoms with E-state index >= 15 is 0 Å². The van der Waals surface area contributed by atoms with Gasteiger partial charge in [-0.15, -0.1) is 11.3 Å². The fourth-order valence-corrected chi connectivity index (χ4v) is 4.51. The quantitative estimate of drug-likeness (QED) is 0.819. The Morgan fingerprint density at radius 1 is 1.29 bits per heavy atom. The first kappa shape index (κ1) is 13.4. The topological polar surface area (TPSA) is 20.2 Å². The van der Waals surface area contributed by atoms with Gasteiger partial charge < -0.3 is 5.11 Å². The summed E-state index contributed by atoms with van der Waals surface area (Å²) in [6.45, 7) is 6.58. The van der Waals surface area contributed by atoms with Gasteiger partial charge in [0.15, 0.2) is 0 Å². The Labute approximate surface area is 113 Å². The van der Waals surface area contributed by atoms with Gasteiger partial charge in [0.05, 0.1) is 16.0 Å². The van der Waals surface area contributed by atoms with Crippen LogP contribution in [-0.4, -0.2) is 5.11 Å². The molecular weight excluding hydrogens is 252 g/mol. The Kier molecular flexibility index (Phi) is 4.17. The van der Waals surface area contributed by atoms with Crippen LogP contribution < -0.4 is 0 Å². The maximum absolute atomic E-state index is 10.5. The van der Waals surface area contributed by atoms with Gasteiger partial charge in [0.25, 0.3) is 0 Å². The lowest BCUT2D eigenvalue weighted by atomic mass is 9.74. The third-order valence-corrected chi connectivity index (χ3v) is 5.64. The molecule has 3 atom stereocenters. The van der Waals surface area contributed by atoms with Gasteiger partial charge in [-0.3, -0.25) is 0 Å². The minimum Gasteiger partial charge on any atom is -0.387 e. The zero-order valence-electron chi connectivity index (χ0n) is 10.7. The molecule has 1 aromatic heterocycles. The van der Waals surface area contributed by atoms with E-state index in [9.17, 15) is 5.11 Å². The van der Waals surface area contributed by atoms with Gasteiger partial charge in [-0.05, 0) is 54.9 Å². The molecule has 3 unspecified atom stereocenters. The molecule has 0 bridgehead atoms. The Hall–Kier alpha value is -0.0500. The maximum Gasteiger partial charge on any atom is 0.0925 e. The summed E-state index contributed by atoms with van der Waals surface area (Å²) >= 11 is 7.84. The SMILES string of the molecule is Cc1csc(C(O)C2CC(C)CC(C)C2)c1Cl. The van der Waals surface area contributed by atoms with E-state index in [-0.39, 0.29) is 6.10 Å². The van der Waals surface area contributed by atoms with Crippen LogP contribution in [0.1, 0.15) is 49.7 Å². The summed E-state index contributed by atoms with van der Waals surface area (Å²) in [4.78, 5) is 0.968. The van der Waals surface area contributed by atoms with Gasteiger partial charge in [0.2, 0.25) is 0 Å². The Morgan fingerprint density at radius 3 is 2.35 bits per heavy atom. The number of thiophene rings is 1. The molecule has 1 aliphatic rings. The summed E-state index contributed by atoms with van der Waals surface area (Å²) in [5.74, 6) is 1.82. The van der Waals surface area contributed by atoms with Crippen molar-refractivity contribution in [1.82, 2.24) is 0 Å². The lowest BCUT2D eigenvalue weighted by Gasteiger charge is -2.34. The van der Waals surface area contributed by atoms with E-state index in [0.29, 0.717) is 5.92 Å². The third kappa shape index (κ3) is 2.86. The lowest BCUT2D eigenvalue weighted by Crippen LogP contribution is -2.24. The van der Waals surface area contributed by atoms with Crippen molar-refractivity contribution in [2.75, 3.05) is 0 Å². The molecule has 1 saturated carbocycles. The molecule has 3 heteroatoms. The number of rotatable bonds is 2. The summed E-state index contributed by atoms with van der Waals surface area (Å²) in [6.07, 6.45) is 3.17. The van der Waals surface area contributed by atoms with E-state index in [0.717, 1.165) is 40.1 Å². The van der Waals surface area contributed by atoms with Gasteiger partial charge in [-0.1, -0.05) is 25.4 Å². The molecule has 1 heterocycles. The number of aryl methyl sites for hydroxylation is 1. The Balaban J connectivity index is 2.14. The monoisotopic (exact) mass is 272 g/mol. The largest absolute Gasteiger partial charge is 0.387 e. The van der Waals surface area contributed by atoms with Crippen LogP contribution in [0.5, 0.6) is 0 Å². The fourth-order valence-electron chi connectivity index (χ4n) is 3.13. The minimum atomic E-state index is -0.369. The average molecular weight is 273 g/mol. The number of hydrogen-bond acceptors (Lipinski definition) is 2. The van der Waals surface area contributed by atoms with E-state index in [4.69, 9.17) is 11.6 Å². The minimum absolute atomic E-state index is 0.369. The first-order valence-electron chi connectivity index (χ1n) is 6.40. The van der Waals surface area contributed by atoms with Gasteiger partial charge in [-0.2, -0.15) is 0 Å². The molecule has 1 nitrogen and oxygen atoms in total. The van der Waals surface area contributed by atoms with E-state index in [2.05, 4.69) is 13.8 Å². The molecule has 1 aliphatic carbocycles. The van der Waals surface area contributed by atoms with E-state index in [1.54, 1.807) is 11.3 Å². The van der Waals surface area contributed by atoms with Crippen molar-refractivity contribution in [2.24, 2.45) is 17.8 Å². The van der Waals surface area contributed by atoms with Gasteiger partial charge in [0.1, 0.15) is 0 Å². The van der Waals surface area contributed by atoms with Gasteiger partial charge in [0, 0.05) is 0 Å². The Morgan fingerprint density at radius 2 is 1.88 bits per heavy atom. The predicted octanol–water partition coefficient (Wildman–Crippen LogP) is 4.82. The first-order valence-corrected chi connectivity index (χ1v) is 7.66. The van der Waals surface area contributed by atoms with Crippen LogP contribution in [-0.2, 0) is 0 Å². The summed E-state index contributed by atoms with van der Waals surface area (Å²) in [5.41, 5.74) is 1.09. The van der Waals surface area contributed by atoms with Crippen LogP contribution in [0, 0.1) is 24.7 Å². The predicted molar refractivity (Wildman–Crippen MR) is 74.7 cm³/mol. The number of aliphatic hydroxyl groups excluding tert-OH is 1. The summed E-state index contributed by atoms with van der Waals surface area (Å²) in [7, 11) is 0. The molecule has 0 radical (unpaired) electrons. The molecule has 2 rings (SSSR count). The number of aliphatic hydroxyl groups is 1. The number of hydrogen-bond donors (Lipinski definition) is 1. The molecule has 0 amide bonds. The van der Waals surface area contributed by atoms with Crippen LogP contribution in [0.4, 0.5) is 0 Å². The maximum atomic E-state index is 10.5. The fraction of sp³-hybridized carbons (Fsp3) is 0.714. The second kappa shape index (κ2) is 5.29. The summed E-state index contributed by atoms with van der Waals surface area (Å²) in [6, 6.07) is 0. The highest BCUT2D eigenvalue weighted by atomic mass is 35.5. The zero-order chi connectivity index (χ0) is 12.6. The molecular formula is C14H21ClOS. The number of halogens is 1. The average Bonchev–Trinajstić information content (AvgIpc) is 2.57. The lowest BCUT2D eigenvalue weighted by molar-refractivity contribution is 0.0577. The van der Waals surface area contributed by atoms with Crippen molar-refractivity contribution >= 4 is 22.9 Å². The van der Waals surface area contributed by atoms with E-state index in [1.165, 1.54) is 6.42 Å². The van der Waals surface area contributed by atoms with Crippen molar-refractivity contribution in [2.45, 2.75) is 46.1 Å². The highest BCUT2D eigenvalue weighted by Gasteiger charge is 2.31. The van der Waals surface area contributed by atoms with Crippen LogP contribution >= 0.6 is 22.9 Å². The normalized spacial score (nSPS) is 31.5. The summed E-state index contributed by atoms with van der Waals surface area (Å²) < 4.78 is 0. The van der Waals surface area contributed by atoms with E-state index < -0.39 is 0 Å². The first-order chi connectivity index (χ1) is 7.99. The molecule has 0 aliphatic heterocycles. The second-order valence-corrected chi connectivity index (χ2v) is 7.01. The van der Waals surface area contributed by atoms with Crippen LogP contribution in [0.3, 0.4) is 0 Å². The van der Waals surface area contributed by atoms with Crippen LogP contribution in [0.15, 0.2) is 5.38 Å². The van der Waals surface area contributed by atoms with Gasteiger partial charge >= 0.3 is 0 Å². The molecule has 17 heavy (non-hydrogen) atoms. The van der Waals surface area contributed by atoms with Crippen molar-refractivity contribution < 1.29 is 5.11 Å². The third-order valence-electron chi connectivity index (χ3n) is 3.86. The molecule has 1 N–H and O–H groups in total. The highest BCUT2D eigenvalue weighted by molar-refractivity contribution is 7.10. The molecule has 96 valence electrons. The van der Waals surface area contributed by atoms with E-state index in [1.807, 2.05) is 12.3 Å². The summed E-state index contributed by atoms with van der Waals surface area (Å²) in [5, 5.41) is 13.3. The molecule has 0 saturated heterocycles. The molecule has 0 spiro atoms. The molecule has 1 aromatic rings. The second-order valence-electron chi connectivity index (χ2n) is 5.72. The van der Waals surface area contributed by atoms with Gasteiger partial charge in [-0.25, -0.2) is 0 Å². The van der Waals surface area contributed by atoms with Crippen LogP contribution in [0.2, 0.25) is 5.02 Å². The van der Waals surface area contributed by atoms with Crippen molar-refractivity contribution in [1.29, 1.82) is 0 Å². The standard InChI is InChI=1S/C14H21ClOS/c1-8-4-9(2)6-11(5-8)13(16)14-12(15)10(3)7-17-14/h7-9,11,13,16H,4-6H2,1-3H3. The van der Waals surface area contributed by atoms with Crippen molar-refractivity contribution in [3.05, 3.63) is 20.8 Å². The highest BCUT2D eigenvalue weighted by Crippen LogP contribution is 2.43. The molecule has 0 aromatic carbocycles. The zero-order valence-corrected chi connectivity index (χ0v) is 12.3. The smallest absolute Gasteiger partial charge is 0.0925 e.